The van der Waals surface area contributed by atoms with E-state index in [-0.39, 0.29) is 5.91 Å². The lowest BCUT2D eigenvalue weighted by atomic mass is 10.1. The van der Waals surface area contributed by atoms with Crippen LogP contribution >= 0.6 is 12.2 Å². The summed E-state index contributed by atoms with van der Waals surface area (Å²) in [4.78, 5) is 15.3. The second kappa shape index (κ2) is 6.88. The third-order valence-electron chi connectivity index (χ3n) is 2.13. The van der Waals surface area contributed by atoms with E-state index in [4.69, 9.17) is 0 Å². The van der Waals surface area contributed by atoms with Gasteiger partial charge in [-0.15, -0.1) is 0 Å². The van der Waals surface area contributed by atoms with Gasteiger partial charge in [0.2, 0.25) is 0 Å². The molecule has 0 bridgehead atoms. The molecule has 0 saturated carbocycles. The number of hydrogen-bond donors (Lipinski definition) is 1. The third-order valence-corrected chi connectivity index (χ3v) is 2.26. The summed E-state index contributed by atoms with van der Waals surface area (Å²) in [7, 11) is 0. The van der Waals surface area contributed by atoms with Crippen LogP contribution in [0.15, 0.2) is 29.3 Å². The predicted octanol–water partition coefficient (Wildman–Crippen LogP) is 2.08. The van der Waals surface area contributed by atoms with E-state index in [9.17, 15) is 4.79 Å². The number of carbonyl (C=O) groups is 1. The normalized spacial score (nSPS) is 9.31. The van der Waals surface area contributed by atoms with Gasteiger partial charge in [-0.3, -0.25) is 4.79 Å². The average Bonchev–Trinajstić information content (AvgIpc) is 2.30. The molecular formula is C12H14N2OS. The molecular weight excluding hydrogens is 220 g/mol. The van der Waals surface area contributed by atoms with Gasteiger partial charge < -0.3 is 5.32 Å². The molecule has 0 aliphatic carbocycles. The maximum absolute atomic E-state index is 11.5. The highest BCUT2D eigenvalue weighted by Gasteiger charge is 2.02. The fraction of sp³-hybridized carbons (Fsp3) is 0.333. The van der Waals surface area contributed by atoms with Crippen LogP contribution in [0.25, 0.3) is 0 Å². The molecule has 0 fully saturated rings. The lowest BCUT2D eigenvalue weighted by Gasteiger charge is -2.03. The quantitative estimate of drug-likeness (QED) is 0.626. The molecule has 1 rings (SSSR count). The molecule has 0 aliphatic rings. The third kappa shape index (κ3) is 3.93. The molecule has 3 nitrogen and oxygen atoms in total. The number of rotatable bonds is 5. The minimum absolute atomic E-state index is 0.0361. The molecule has 1 aromatic carbocycles. The Morgan fingerprint density at radius 3 is 2.69 bits per heavy atom. The topological polar surface area (TPSA) is 41.5 Å². The van der Waals surface area contributed by atoms with Crippen molar-refractivity contribution in [2.75, 3.05) is 13.1 Å². The van der Waals surface area contributed by atoms with E-state index in [1.54, 1.807) is 0 Å². The Balaban J connectivity index is 2.60. The van der Waals surface area contributed by atoms with Gasteiger partial charge in [0, 0.05) is 12.1 Å². The second-order valence-corrected chi connectivity index (χ2v) is 3.46. The zero-order valence-corrected chi connectivity index (χ0v) is 10.0. The van der Waals surface area contributed by atoms with Crippen molar-refractivity contribution in [1.29, 1.82) is 0 Å². The monoisotopic (exact) mass is 234 g/mol. The van der Waals surface area contributed by atoms with Crippen molar-refractivity contribution in [3.05, 3.63) is 35.4 Å². The average molecular weight is 234 g/mol. The standard InChI is InChI=1S/C12H14N2OS/c1-2-14-12(15)11-5-3-10(4-6-11)7-8-13-9-16/h3-6H,2,7-8H2,1H3,(H,14,15). The van der Waals surface area contributed by atoms with Gasteiger partial charge in [-0.25, -0.2) is 4.99 Å². The SMILES string of the molecule is CCNC(=O)c1ccc(CCN=C=S)cc1. The van der Waals surface area contributed by atoms with Gasteiger partial charge in [0.05, 0.1) is 11.7 Å². The zero-order valence-electron chi connectivity index (χ0n) is 9.19. The van der Waals surface area contributed by atoms with E-state index in [2.05, 4.69) is 27.7 Å². The van der Waals surface area contributed by atoms with Crippen LogP contribution in [0.1, 0.15) is 22.8 Å². The largest absolute Gasteiger partial charge is 0.352 e. The Morgan fingerprint density at radius 2 is 2.12 bits per heavy atom. The van der Waals surface area contributed by atoms with Crippen molar-refractivity contribution < 1.29 is 4.79 Å². The Bertz CT molecular complexity index is 394. The highest BCUT2D eigenvalue weighted by atomic mass is 32.1. The maximum Gasteiger partial charge on any atom is 0.251 e. The lowest BCUT2D eigenvalue weighted by molar-refractivity contribution is 0.0956. The molecule has 0 unspecified atom stereocenters. The number of benzene rings is 1. The van der Waals surface area contributed by atoms with Gasteiger partial charge in [-0.1, -0.05) is 12.1 Å². The van der Waals surface area contributed by atoms with Crippen LogP contribution in [-0.2, 0) is 6.42 Å². The Morgan fingerprint density at radius 1 is 1.44 bits per heavy atom. The van der Waals surface area contributed by atoms with Gasteiger partial charge in [0.15, 0.2) is 0 Å². The van der Waals surface area contributed by atoms with Gasteiger partial charge in [-0.05, 0) is 43.3 Å². The molecule has 0 radical (unpaired) electrons. The van der Waals surface area contributed by atoms with Crippen LogP contribution in [0, 0.1) is 0 Å². The first-order valence-electron chi connectivity index (χ1n) is 5.18. The first kappa shape index (κ1) is 12.6. The first-order chi connectivity index (χ1) is 7.77. The van der Waals surface area contributed by atoms with E-state index in [0.29, 0.717) is 18.7 Å². The molecule has 0 atom stereocenters. The molecule has 84 valence electrons. The molecule has 4 heteroatoms. The smallest absolute Gasteiger partial charge is 0.251 e. The number of nitrogens with zero attached hydrogens (tertiary/aromatic N) is 1. The highest BCUT2D eigenvalue weighted by Crippen LogP contribution is 2.05. The van der Waals surface area contributed by atoms with Crippen LogP contribution in [0.5, 0.6) is 0 Å². The number of hydrogen-bond acceptors (Lipinski definition) is 3. The molecule has 1 amide bonds. The number of carbonyl (C=O) groups excluding carboxylic acids is 1. The molecule has 0 spiro atoms. The van der Waals surface area contributed by atoms with Gasteiger partial charge in [-0.2, -0.15) is 0 Å². The highest BCUT2D eigenvalue weighted by molar-refractivity contribution is 7.78. The molecule has 1 aromatic rings. The van der Waals surface area contributed by atoms with Crippen LogP contribution in [0.2, 0.25) is 0 Å². The Kier molecular flexibility index (Phi) is 5.40. The minimum Gasteiger partial charge on any atom is -0.352 e. The number of aliphatic imine (C=N–C) groups is 1. The van der Waals surface area contributed by atoms with Gasteiger partial charge in [0.25, 0.3) is 5.91 Å². The minimum atomic E-state index is -0.0361. The molecule has 0 saturated heterocycles. The number of nitrogens with one attached hydrogen (secondary N) is 1. The fourth-order valence-electron chi connectivity index (χ4n) is 1.32. The predicted molar refractivity (Wildman–Crippen MR) is 68.0 cm³/mol. The summed E-state index contributed by atoms with van der Waals surface area (Å²) in [6, 6.07) is 7.51. The van der Waals surface area contributed by atoms with E-state index in [0.717, 1.165) is 12.0 Å². The number of amides is 1. The lowest BCUT2D eigenvalue weighted by Crippen LogP contribution is -2.22. The second-order valence-electron chi connectivity index (χ2n) is 3.28. The maximum atomic E-state index is 11.5. The summed E-state index contributed by atoms with van der Waals surface area (Å²) >= 11 is 4.48. The van der Waals surface area contributed by atoms with Crippen LogP contribution in [-0.4, -0.2) is 24.2 Å². The summed E-state index contributed by atoms with van der Waals surface area (Å²) in [5, 5.41) is 5.08. The molecule has 0 aliphatic heterocycles. The summed E-state index contributed by atoms with van der Waals surface area (Å²) < 4.78 is 0. The zero-order chi connectivity index (χ0) is 11.8. The van der Waals surface area contributed by atoms with Gasteiger partial charge >= 0.3 is 0 Å². The van der Waals surface area contributed by atoms with Crippen molar-refractivity contribution in [3.63, 3.8) is 0 Å². The summed E-state index contributed by atoms with van der Waals surface area (Å²) in [5.74, 6) is -0.0361. The van der Waals surface area contributed by atoms with Crippen molar-refractivity contribution in [2.24, 2.45) is 4.99 Å². The molecule has 1 N–H and O–H groups in total. The molecule has 16 heavy (non-hydrogen) atoms. The van der Waals surface area contributed by atoms with Gasteiger partial charge in [0.1, 0.15) is 0 Å². The summed E-state index contributed by atoms with van der Waals surface area (Å²) in [5.41, 5.74) is 1.82. The summed E-state index contributed by atoms with van der Waals surface area (Å²) in [6.45, 7) is 3.18. The van der Waals surface area contributed by atoms with Crippen molar-refractivity contribution in [1.82, 2.24) is 5.32 Å². The van der Waals surface area contributed by atoms with E-state index in [1.165, 1.54) is 0 Å². The Hall–Kier alpha value is -1.51. The van der Waals surface area contributed by atoms with Crippen molar-refractivity contribution >= 4 is 23.3 Å². The first-order valence-corrected chi connectivity index (χ1v) is 5.59. The van der Waals surface area contributed by atoms with Crippen LogP contribution < -0.4 is 5.32 Å². The van der Waals surface area contributed by atoms with Crippen molar-refractivity contribution in [3.8, 4) is 0 Å². The van der Waals surface area contributed by atoms with E-state index >= 15 is 0 Å². The van der Waals surface area contributed by atoms with E-state index in [1.807, 2.05) is 31.2 Å². The fourth-order valence-corrected chi connectivity index (χ4v) is 1.41. The van der Waals surface area contributed by atoms with Crippen molar-refractivity contribution in [2.45, 2.75) is 13.3 Å². The number of thiocarbonyl (C=S) groups is 1. The molecule has 0 heterocycles. The van der Waals surface area contributed by atoms with Crippen LogP contribution in [0.3, 0.4) is 0 Å². The number of isothiocyanates is 1. The molecule has 0 aromatic heterocycles. The summed E-state index contributed by atoms with van der Waals surface area (Å²) in [6.07, 6.45) is 0.819. The Labute approximate surface area is 101 Å². The van der Waals surface area contributed by atoms with E-state index < -0.39 is 0 Å². The van der Waals surface area contributed by atoms with Crippen LogP contribution in [0.4, 0.5) is 0 Å².